The van der Waals surface area contributed by atoms with Gasteiger partial charge in [0.1, 0.15) is 12.6 Å². The molecule has 0 radical (unpaired) electrons. The van der Waals surface area contributed by atoms with Crippen molar-refractivity contribution in [2.45, 2.75) is 31.0 Å². The average Bonchev–Trinajstić information content (AvgIpc) is 3.25. The molecule has 2 aliphatic carbocycles. The topological polar surface area (TPSA) is 108 Å². The molecule has 3 aliphatic rings. The van der Waals surface area contributed by atoms with Crippen molar-refractivity contribution in [1.29, 1.82) is 0 Å². The third kappa shape index (κ3) is 5.25. The van der Waals surface area contributed by atoms with Gasteiger partial charge in [0.05, 0.1) is 6.42 Å². The van der Waals surface area contributed by atoms with E-state index in [1.165, 1.54) is 5.56 Å². The average molecular weight is 526 g/mol. The van der Waals surface area contributed by atoms with E-state index in [-0.39, 0.29) is 18.6 Å². The number of carboxylic acid groups (broad SMARTS) is 1. The number of nitrogens with one attached hydrogen (secondary N) is 2. The standard InChI is InChI=1S/C31H31N3O5/c35-28(36)14-27(30(37)33-29-24-16-34(17-25(24)29)15-19-8-2-1-3-9-19)32-31(38)39-18-26-22-12-6-4-10-20(22)21-11-5-7-13-23(21)26/h1-13,24-27,29H,14-18H2,(H,32,38)(H,33,37)(H,35,36). The number of alkyl carbamates (subject to hydrolysis) is 1. The van der Waals surface area contributed by atoms with Gasteiger partial charge in [0.25, 0.3) is 0 Å². The first-order valence-corrected chi connectivity index (χ1v) is 13.4. The molecule has 2 fully saturated rings. The highest BCUT2D eigenvalue weighted by Gasteiger charge is 2.56. The highest BCUT2D eigenvalue weighted by molar-refractivity contribution is 5.89. The summed E-state index contributed by atoms with van der Waals surface area (Å²) in [5.74, 6) is -1.09. The number of hydrogen-bond donors (Lipinski definition) is 3. The molecule has 3 N–H and O–H groups in total. The molecule has 3 aromatic rings. The second kappa shape index (κ2) is 10.5. The number of benzene rings is 3. The van der Waals surface area contributed by atoms with Gasteiger partial charge >= 0.3 is 12.1 Å². The van der Waals surface area contributed by atoms with Crippen LogP contribution in [0.3, 0.4) is 0 Å². The van der Waals surface area contributed by atoms with Gasteiger partial charge in [0, 0.05) is 31.6 Å². The maximum atomic E-state index is 13.0. The first-order chi connectivity index (χ1) is 19.0. The summed E-state index contributed by atoms with van der Waals surface area (Å²) in [5.41, 5.74) is 5.64. The van der Waals surface area contributed by atoms with Gasteiger partial charge in [-0.2, -0.15) is 0 Å². The largest absolute Gasteiger partial charge is 0.481 e. The maximum Gasteiger partial charge on any atom is 0.407 e. The minimum absolute atomic E-state index is 0.00475. The number of carbonyl (C=O) groups is 3. The van der Waals surface area contributed by atoms with Crippen molar-refractivity contribution in [2.75, 3.05) is 19.7 Å². The number of ether oxygens (including phenoxy) is 1. The van der Waals surface area contributed by atoms with Crippen molar-refractivity contribution in [2.24, 2.45) is 11.8 Å². The number of amides is 2. The number of rotatable bonds is 9. The van der Waals surface area contributed by atoms with Gasteiger partial charge in [-0.15, -0.1) is 0 Å². The number of hydrogen-bond acceptors (Lipinski definition) is 5. The van der Waals surface area contributed by atoms with Gasteiger partial charge in [0.2, 0.25) is 5.91 Å². The van der Waals surface area contributed by atoms with E-state index in [2.05, 4.69) is 39.8 Å². The summed E-state index contributed by atoms with van der Waals surface area (Å²) in [6.45, 7) is 2.73. The number of carbonyl (C=O) groups excluding carboxylic acids is 2. The van der Waals surface area contributed by atoms with Crippen LogP contribution in [0.15, 0.2) is 78.9 Å². The second-order valence-electron chi connectivity index (χ2n) is 10.7. The van der Waals surface area contributed by atoms with Crippen LogP contribution in [-0.2, 0) is 20.9 Å². The van der Waals surface area contributed by atoms with Crippen LogP contribution in [0.4, 0.5) is 4.79 Å². The number of fused-ring (bicyclic) bond motifs is 4. The predicted octanol–water partition coefficient (Wildman–Crippen LogP) is 3.62. The van der Waals surface area contributed by atoms with E-state index in [9.17, 15) is 19.5 Å². The van der Waals surface area contributed by atoms with E-state index in [1.807, 2.05) is 54.6 Å². The molecule has 39 heavy (non-hydrogen) atoms. The van der Waals surface area contributed by atoms with Gasteiger partial charge in [-0.25, -0.2) is 4.79 Å². The normalized spacial score (nSPS) is 21.8. The molecule has 3 aromatic carbocycles. The highest BCUT2D eigenvalue weighted by atomic mass is 16.5. The van der Waals surface area contributed by atoms with E-state index in [0.717, 1.165) is 41.9 Å². The van der Waals surface area contributed by atoms with Crippen LogP contribution in [0.2, 0.25) is 0 Å². The highest BCUT2D eigenvalue weighted by Crippen LogP contribution is 2.46. The van der Waals surface area contributed by atoms with Crippen LogP contribution in [0.25, 0.3) is 11.1 Å². The number of nitrogens with zero attached hydrogens (tertiary/aromatic N) is 1. The van der Waals surface area contributed by atoms with Crippen LogP contribution in [-0.4, -0.2) is 59.8 Å². The predicted molar refractivity (Wildman–Crippen MR) is 145 cm³/mol. The summed E-state index contributed by atoms with van der Waals surface area (Å²) in [5, 5.41) is 14.8. The third-order valence-electron chi connectivity index (χ3n) is 8.16. The van der Waals surface area contributed by atoms with Crippen molar-refractivity contribution in [3.63, 3.8) is 0 Å². The number of aliphatic carboxylic acids is 1. The Balaban J connectivity index is 1.03. The van der Waals surface area contributed by atoms with Gasteiger partial charge in [-0.1, -0.05) is 78.9 Å². The van der Waals surface area contributed by atoms with Crippen molar-refractivity contribution < 1.29 is 24.2 Å². The fourth-order valence-corrected chi connectivity index (χ4v) is 6.23. The minimum atomic E-state index is -1.21. The van der Waals surface area contributed by atoms with E-state index >= 15 is 0 Å². The molecule has 200 valence electrons. The van der Waals surface area contributed by atoms with Crippen molar-refractivity contribution >= 4 is 18.0 Å². The lowest BCUT2D eigenvalue weighted by molar-refractivity contribution is -0.139. The Morgan fingerprint density at radius 3 is 2.08 bits per heavy atom. The molecule has 0 spiro atoms. The quantitative estimate of drug-likeness (QED) is 0.394. The van der Waals surface area contributed by atoms with Crippen molar-refractivity contribution in [3.8, 4) is 11.1 Å². The first-order valence-electron chi connectivity index (χ1n) is 13.4. The van der Waals surface area contributed by atoms with Gasteiger partial charge in [0.15, 0.2) is 0 Å². The molecule has 8 heteroatoms. The molecular formula is C31H31N3O5. The summed E-state index contributed by atoms with van der Waals surface area (Å²) in [6.07, 6.45) is -1.32. The fourth-order valence-electron chi connectivity index (χ4n) is 6.23. The zero-order valence-corrected chi connectivity index (χ0v) is 21.5. The number of carboxylic acids is 1. The Labute approximate surface area is 227 Å². The number of likely N-dealkylation sites (tertiary alicyclic amines) is 1. The maximum absolute atomic E-state index is 13.0. The lowest BCUT2D eigenvalue weighted by atomic mass is 9.98. The Bertz CT molecular complexity index is 1340. The van der Waals surface area contributed by atoms with E-state index < -0.39 is 30.4 Å². The summed E-state index contributed by atoms with van der Waals surface area (Å²) < 4.78 is 5.54. The SMILES string of the molecule is O=C(O)CC(NC(=O)OCC1c2ccccc2-c2ccccc21)C(=O)NC1C2CN(Cc3ccccc3)CC21. The molecule has 6 rings (SSSR count). The fraction of sp³-hybridized carbons (Fsp3) is 0.323. The van der Waals surface area contributed by atoms with Crippen LogP contribution < -0.4 is 10.6 Å². The Morgan fingerprint density at radius 1 is 0.872 bits per heavy atom. The summed E-state index contributed by atoms with van der Waals surface area (Å²) in [7, 11) is 0. The van der Waals surface area contributed by atoms with Crippen molar-refractivity contribution in [1.82, 2.24) is 15.5 Å². The monoisotopic (exact) mass is 525 g/mol. The molecule has 0 bridgehead atoms. The van der Waals surface area contributed by atoms with Crippen LogP contribution in [0.5, 0.6) is 0 Å². The van der Waals surface area contributed by atoms with Gasteiger partial charge in [-0.3, -0.25) is 14.5 Å². The third-order valence-corrected chi connectivity index (χ3v) is 8.16. The van der Waals surface area contributed by atoms with Crippen LogP contribution in [0.1, 0.15) is 29.0 Å². The van der Waals surface area contributed by atoms with Gasteiger partial charge in [-0.05, 0) is 39.7 Å². The van der Waals surface area contributed by atoms with Crippen LogP contribution >= 0.6 is 0 Å². The molecule has 2 amide bonds. The molecule has 1 aliphatic heterocycles. The minimum Gasteiger partial charge on any atom is -0.481 e. The molecule has 8 nitrogen and oxygen atoms in total. The molecule has 1 saturated heterocycles. The Hall–Kier alpha value is -4.17. The second-order valence-corrected chi connectivity index (χ2v) is 10.7. The molecular weight excluding hydrogens is 494 g/mol. The summed E-state index contributed by atoms with van der Waals surface area (Å²) >= 11 is 0. The molecule has 1 heterocycles. The molecule has 3 atom stereocenters. The first kappa shape index (κ1) is 25.1. The summed E-state index contributed by atoms with van der Waals surface area (Å²) in [4.78, 5) is 39.6. The van der Waals surface area contributed by atoms with E-state index in [4.69, 9.17) is 4.74 Å². The van der Waals surface area contributed by atoms with E-state index in [0.29, 0.717) is 11.8 Å². The zero-order chi connectivity index (χ0) is 26.9. The van der Waals surface area contributed by atoms with E-state index in [1.54, 1.807) is 0 Å². The molecule has 0 aromatic heterocycles. The smallest absolute Gasteiger partial charge is 0.407 e. The summed E-state index contributed by atoms with van der Waals surface area (Å²) in [6, 6.07) is 25.1. The zero-order valence-electron chi connectivity index (χ0n) is 21.5. The van der Waals surface area contributed by atoms with Crippen molar-refractivity contribution in [3.05, 3.63) is 95.6 Å². The lowest BCUT2D eigenvalue weighted by Crippen LogP contribution is -2.49. The molecule has 1 saturated carbocycles. The lowest BCUT2D eigenvalue weighted by Gasteiger charge is -2.22. The van der Waals surface area contributed by atoms with Crippen LogP contribution in [0, 0.1) is 11.8 Å². The number of piperidine rings is 1. The molecule has 3 unspecified atom stereocenters. The van der Waals surface area contributed by atoms with Gasteiger partial charge < -0.3 is 20.5 Å². The Morgan fingerprint density at radius 2 is 1.46 bits per heavy atom. The Kier molecular flexibility index (Phi) is 6.79.